The van der Waals surface area contributed by atoms with Gasteiger partial charge in [0.15, 0.2) is 0 Å². The van der Waals surface area contributed by atoms with E-state index in [1.165, 1.54) is 0 Å². The number of carboxylic acid groups (broad SMARTS) is 1. The minimum atomic E-state index is -0.764. The minimum Gasteiger partial charge on any atom is -0.497 e. The molecule has 0 unspecified atom stereocenters. The molecular weight excluding hydrogens is 272 g/mol. The average Bonchev–Trinajstić information content (AvgIpc) is 2.53. The van der Waals surface area contributed by atoms with Gasteiger partial charge >= 0.3 is 11.9 Å². The van der Waals surface area contributed by atoms with Crippen LogP contribution in [0.2, 0.25) is 0 Å². The molecule has 1 N–H and O–H groups in total. The van der Waals surface area contributed by atoms with Gasteiger partial charge in [0.1, 0.15) is 12.4 Å². The molecule has 0 radical (unpaired) electrons. The molecule has 5 nitrogen and oxygen atoms in total. The molecule has 114 valence electrons. The summed E-state index contributed by atoms with van der Waals surface area (Å²) < 4.78 is 10.4. The molecule has 1 aliphatic rings. The predicted octanol–water partition coefficient (Wildman–Crippen LogP) is 2.63. The van der Waals surface area contributed by atoms with Gasteiger partial charge in [0.2, 0.25) is 0 Å². The number of methoxy groups -OCH3 is 1. The lowest BCUT2D eigenvalue weighted by molar-refractivity contribution is -0.153. The van der Waals surface area contributed by atoms with E-state index in [1.807, 2.05) is 24.3 Å². The van der Waals surface area contributed by atoms with Gasteiger partial charge in [-0.1, -0.05) is 12.1 Å². The maximum absolute atomic E-state index is 12.0. The zero-order chi connectivity index (χ0) is 15.2. The molecule has 0 aliphatic heterocycles. The van der Waals surface area contributed by atoms with Crippen LogP contribution in [0.25, 0.3) is 0 Å². The van der Waals surface area contributed by atoms with E-state index in [0.29, 0.717) is 25.7 Å². The molecule has 0 amide bonds. The average molecular weight is 292 g/mol. The van der Waals surface area contributed by atoms with E-state index in [9.17, 15) is 9.59 Å². The van der Waals surface area contributed by atoms with Crippen molar-refractivity contribution < 1.29 is 24.2 Å². The molecule has 0 heterocycles. The lowest BCUT2D eigenvalue weighted by Gasteiger charge is -2.24. The van der Waals surface area contributed by atoms with E-state index < -0.39 is 5.97 Å². The van der Waals surface area contributed by atoms with Crippen molar-refractivity contribution in [2.75, 3.05) is 7.11 Å². The second-order valence-corrected chi connectivity index (χ2v) is 5.34. The molecule has 1 aliphatic carbocycles. The van der Waals surface area contributed by atoms with Crippen molar-refractivity contribution >= 4 is 11.9 Å². The van der Waals surface area contributed by atoms with Crippen molar-refractivity contribution in [3.05, 3.63) is 29.8 Å². The van der Waals surface area contributed by atoms with E-state index in [2.05, 4.69) is 0 Å². The van der Waals surface area contributed by atoms with Gasteiger partial charge in [0, 0.05) is 0 Å². The Labute approximate surface area is 123 Å². The summed E-state index contributed by atoms with van der Waals surface area (Å²) in [5.74, 6) is -0.707. The van der Waals surface area contributed by atoms with Gasteiger partial charge in [-0.05, 0) is 43.4 Å². The Morgan fingerprint density at radius 3 is 2.19 bits per heavy atom. The molecule has 0 bridgehead atoms. The van der Waals surface area contributed by atoms with E-state index in [0.717, 1.165) is 11.3 Å². The monoisotopic (exact) mass is 292 g/mol. The van der Waals surface area contributed by atoms with E-state index >= 15 is 0 Å². The van der Waals surface area contributed by atoms with Gasteiger partial charge in [0.05, 0.1) is 18.9 Å². The number of benzene rings is 1. The first kappa shape index (κ1) is 15.4. The van der Waals surface area contributed by atoms with Crippen LogP contribution in [0.3, 0.4) is 0 Å². The third kappa shape index (κ3) is 4.21. The van der Waals surface area contributed by atoms with Crippen molar-refractivity contribution in [2.45, 2.75) is 32.3 Å². The lowest BCUT2D eigenvalue weighted by Crippen LogP contribution is -2.27. The van der Waals surface area contributed by atoms with Crippen molar-refractivity contribution in [1.29, 1.82) is 0 Å². The van der Waals surface area contributed by atoms with Crippen LogP contribution in [0.1, 0.15) is 31.2 Å². The molecule has 1 aromatic rings. The van der Waals surface area contributed by atoms with Gasteiger partial charge < -0.3 is 14.6 Å². The number of carbonyl (C=O) groups excluding carboxylic acids is 1. The Balaban J connectivity index is 1.78. The van der Waals surface area contributed by atoms with Crippen LogP contribution in [0.5, 0.6) is 5.75 Å². The van der Waals surface area contributed by atoms with Crippen LogP contribution >= 0.6 is 0 Å². The largest absolute Gasteiger partial charge is 0.497 e. The van der Waals surface area contributed by atoms with Gasteiger partial charge in [-0.3, -0.25) is 9.59 Å². The van der Waals surface area contributed by atoms with E-state index in [1.54, 1.807) is 7.11 Å². The summed E-state index contributed by atoms with van der Waals surface area (Å²) in [7, 11) is 1.60. The molecule has 0 aromatic heterocycles. The highest BCUT2D eigenvalue weighted by Gasteiger charge is 2.30. The summed E-state index contributed by atoms with van der Waals surface area (Å²) in [4.78, 5) is 22.8. The number of hydrogen-bond acceptors (Lipinski definition) is 4. The quantitative estimate of drug-likeness (QED) is 0.845. The smallest absolute Gasteiger partial charge is 0.309 e. The Morgan fingerprint density at radius 2 is 1.67 bits per heavy atom. The maximum Gasteiger partial charge on any atom is 0.309 e. The summed E-state index contributed by atoms with van der Waals surface area (Å²) in [5.41, 5.74) is 0.906. The molecule has 0 spiro atoms. The third-order valence-corrected chi connectivity index (χ3v) is 3.95. The Bertz CT molecular complexity index is 486. The highest BCUT2D eigenvalue weighted by molar-refractivity contribution is 5.74. The number of rotatable bonds is 5. The first-order valence-electron chi connectivity index (χ1n) is 7.12. The summed E-state index contributed by atoms with van der Waals surface area (Å²) in [6.45, 7) is 0.238. The fourth-order valence-corrected chi connectivity index (χ4v) is 2.57. The molecule has 21 heavy (non-hydrogen) atoms. The van der Waals surface area contributed by atoms with Crippen LogP contribution in [0, 0.1) is 11.8 Å². The zero-order valence-corrected chi connectivity index (χ0v) is 12.1. The second kappa shape index (κ2) is 7.11. The summed E-state index contributed by atoms with van der Waals surface area (Å²) in [6, 6.07) is 7.35. The van der Waals surface area contributed by atoms with Gasteiger partial charge in [-0.25, -0.2) is 0 Å². The number of esters is 1. The zero-order valence-electron chi connectivity index (χ0n) is 12.1. The first-order chi connectivity index (χ1) is 10.1. The van der Waals surface area contributed by atoms with E-state index in [4.69, 9.17) is 14.6 Å². The standard InChI is InChI=1S/C16H20O5/c1-20-14-8-2-11(3-9-14)10-21-16(19)13-6-4-12(5-7-13)15(17)18/h2-3,8-9,12-13H,4-7,10H2,1H3,(H,17,18). The van der Waals surface area contributed by atoms with Crippen molar-refractivity contribution in [2.24, 2.45) is 11.8 Å². The molecule has 0 atom stereocenters. The Morgan fingerprint density at radius 1 is 1.10 bits per heavy atom. The fraction of sp³-hybridized carbons (Fsp3) is 0.500. The predicted molar refractivity (Wildman–Crippen MR) is 75.9 cm³/mol. The molecule has 1 fully saturated rings. The number of hydrogen-bond donors (Lipinski definition) is 1. The summed E-state index contributed by atoms with van der Waals surface area (Å²) in [5, 5.41) is 8.93. The minimum absolute atomic E-state index is 0.168. The third-order valence-electron chi connectivity index (χ3n) is 3.95. The van der Waals surface area contributed by atoms with E-state index in [-0.39, 0.29) is 24.4 Å². The Kier molecular flexibility index (Phi) is 5.20. The maximum atomic E-state index is 12.0. The van der Waals surface area contributed by atoms with Crippen LogP contribution in [0.4, 0.5) is 0 Å². The van der Waals surface area contributed by atoms with Gasteiger partial charge in [-0.2, -0.15) is 0 Å². The number of carbonyl (C=O) groups is 2. The van der Waals surface area contributed by atoms with Crippen molar-refractivity contribution in [3.63, 3.8) is 0 Å². The fourth-order valence-electron chi connectivity index (χ4n) is 2.57. The summed E-state index contributed by atoms with van der Waals surface area (Å²) in [6.07, 6.45) is 2.30. The van der Waals surface area contributed by atoms with Gasteiger partial charge in [0.25, 0.3) is 0 Å². The Hall–Kier alpha value is -2.04. The number of ether oxygens (including phenoxy) is 2. The molecule has 1 aromatic carbocycles. The molecular formula is C16H20O5. The lowest BCUT2D eigenvalue weighted by atomic mass is 9.82. The molecule has 0 saturated heterocycles. The normalized spacial score (nSPS) is 21.6. The summed E-state index contributed by atoms with van der Waals surface area (Å²) >= 11 is 0. The molecule has 1 saturated carbocycles. The highest BCUT2D eigenvalue weighted by atomic mass is 16.5. The second-order valence-electron chi connectivity index (χ2n) is 5.34. The molecule has 2 rings (SSSR count). The number of aliphatic carboxylic acids is 1. The van der Waals surface area contributed by atoms with Crippen molar-refractivity contribution in [3.8, 4) is 5.75 Å². The SMILES string of the molecule is COc1ccc(COC(=O)C2CCC(C(=O)O)CC2)cc1. The van der Waals surface area contributed by atoms with Crippen LogP contribution in [0.15, 0.2) is 24.3 Å². The first-order valence-corrected chi connectivity index (χ1v) is 7.12. The topological polar surface area (TPSA) is 72.8 Å². The van der Waals surface area contributed by atoms with Crippen molar-refractivity contribution in [1.82, 2.24) is 0 Å². The van der Waals surface area contributed by atoms with Crippen LogP contribution in [-0.4, -0.2) is 24.2 Å². The van der Waals surface area contributed by atoms with Crippen LogP contribution < -0.4 is 4.74 Å². The van der Waals surface area contributed by atoms with Crippen LogP contribution in [-0.2, 0) is 20.9 Å². The molecule has 5 heteroatoms. The number of carboxylic acids is 1. The highest BCUT2D eigenvalue weighted by Crippen LogP contribution is 2.30. The van der Waals surface area contributed by atoms with Gasteiger partial charge in [-0.15, -0.1) is 0 Å².